The van der Waals surface area contributed by atoms with Crippen LogP contribution < -0.4 is 14.8 Å². The predicted molar refractivity (Wildman–Crippen MR) is 115 cm³/mol. The van der Waals surface area contributed by atoms with E-state index in [4.69, 9.17) is 32.7 Å². The van der Waals surface area contributed by atoms with Crippen LogP contribution >= 0.6 is 39.1 Å². The smallest absolute Gasteiger partial charge is 0.175 e. The molecule has 3 nitrogen and oxygen atoms in total. The molecule has 0 aromatic heterocycles. The van der Waals surface area contributed by atoms with Crippen molar-refractivity contribution < 1.29 is 13.9 Å². The first-order chi connectivity index (χ1) is 13.5. The molecule has 3 aromatic rings. The number of rotatable bonds is 7. The molecule has 0 saturated heterocycles. The van der Waals surface area contributed by atoms with E-state index in [0.29, 0.717) is 38.1 Å². The summed E-state index contributed by atoms with van der Waals surface area (Å²) in [4.78, 5) is 0. The van der Waals surface area contributed by atoms with E-state index in [9.17, 15) is 4.39 Å². The number of ether oxygens (including phenoxy) is 2. The van der Waals surface area contributed by atoms with Crippen LogP contribution in [0, 0.1) is 5.82 Å². The second-order valence-corrected chi connectivity index (χ2v) is 7.66. The van der Waals surface area contributed by atoms with Gasteiger partial charge in [0.1, 0.15) is 12.4 Å². The van der Waals surface area contributed by atoms with Crippen molar-refractivity contribution in [2.45, 2.75) is 13.2 Å². The van der Waals surface area contributed by atoms with Crippen molar-refractivity contribution in [1.82, 2.24) is 0 Å². The number of nitrogens with one attached hydrogen (secondary N) is 1. The number of benzene rings is 3. The maximum absolute atomic E-state index is 14.0. The third-order valence-electron chi connectivity index (χ3n) is 4.05. The van der Waals surface area contributed by atoms with Crippen LogP contribution in [0.4, 0.5) is 10.1 Å². The van der Waals surface area contributed by atoms with Crippen molar-refractivity contribution >= 4 is 44.8 Å². The highest BCUT2D eigenvalue weighted by molar-refractivity contribution is 9.10. The van der Waals surface area contributed by atoms with E-state index >= 15 is 0 Å². The van der Waals surface area contributed by atoms with Gasteiger partial charge < -0.3 is 14.8 Å². The zero-order chi connectivity index (χ0) is 20.1. The maximum Gasteiger partial charge on any atom is 0.175 e. The molecule has 0 radical (unpaired) electrons. The number of methoxy groups -OCH3 is 1. The predicted octanol–water partition coefficient (Wildman–Crippen LogP) is 7.09. The van der Waals surface area contributed by atoms with Crippen LogP contribution in [-0.4, -0.2) is 7.11 Å². The van der Waals surface area contributed by atoms with E-state index < -0.39 is 5.82 Å². The Labute approximate surface area is 181 Å². The molecule has 0 fully saturated rings. The fourth-order valence-electron chi connectivity index (χ4n) is 2.60. The lowest BCUT2D eigenvalue weighted by molar-refractivity contribution is 0.278. The molecule has 0 amide bonds. The lowest BCUT2D eigenvalue weighted by Gasteiger charge is -2.16. The van der Waals surface area contributed by atoms with Gasteiger partial charge in [0, 0.05) is 22.8 Å². The lowest BCUT2D eigenvalue weighted by Crippen LogP contribution is -2.04. The minimum absolute atomic E-state index is 0.0111. The first kappa shape index (κ1) is 20.8. The zero-order valence-electron chi connectivity index (χ0n) is 14.9. The van der Waals surface area contributed by atoms with Crippen molar-refractivity contribution in [2.24, 2.45) is 0 Å². The molecular weight excluding hydrogens is 468 g/mol. The van der Waals surface area contributed by atoms with Gasteiger partial charge >= 0.3 is 0 Å². The minimum Gasteiger partial charge on any atom is -0.493 e. The van der Waals surface area contributed by atoms with Crippen LogP contribution in [0.3, 0.4) is 0 Å². The first-order valence-corrected chi connectivity index (χ1v) is 9.94. The highest BCUT2D eigenvalue weighted by Gasteiger charge is 2.14. The largest absolute Gasteiger partial charge is 0.493 e. The van der Waals surface area contributed by atoms with E-state index in [0.717, 1.165) is 11.3 Å². The molecule has 28 heavy (non-hydrogen) atoms. The summed E-state index contributed by atoms with van der Waals surface area (Å²) in [5.41, 5.74) is 2.23. The van der Waals surface area contributed by atoms with Gasteiger partial charge in [-0.1, -0.05) is 29.3 Å². The number of anilines is 1. The normalized spacial score (nSPS) is 10.6. The van der Waals surface area contributed by atoms with Crippen LogP contribution in [0.5, 0.6) is 11.5 Å². The Balaban J connectivity index is 1.74. The molecule has 3 aromatic carbocycles. The maximum atomic E-state index is 14.0. The summed E-state index contributed by atoms with van der Waals surface area (Å²) in [5.74, 6) is 0.609. The van der Waals surface area contributed by atoms with Crippen LogP contribution in [0.2, 0.25) is 10.0 Å². The molecular formula is C21H17BrCl2FNO2. The van der Waals surface area contributed by atoms with Gasteiger partial charge in [-0.25, -0.2) is 4.39 Å². The molecule has 0 bridgehead atoms. The standard InChI is InChI=1S/C21H17BrCl2FNO2/c1-27-20-10-13(11-26-15-7-5-14(23)6-8-15)9-17(22)21(20)28-12-16-18(24)3-2-4-19(16)25/h2-10,26H,11-12H2,1H3. The van der Waals surface area contributed by atoms with Crippen LogP contribution in [-0.2, 0) is 13.2 Å². The van der Waals surface area contributed by atoms with Crippen molar-refractivity contribution in [3.8, 4) is 11.5 Å². The van der Waals surface area contributed by atoms with Gasteiger partial charge in [0.2, 0.25) is 0 Å². The third-order valence-corrected chi connectivity index (χ3v) is 5.25. The van der Waals surface area contributed by atoms with Gasteiger partial charge in [-0.2, -0.15) is 0 Å². The average Bonchev–Trinajstić information content (AvgIpc) is 2.68. The Morgan fingerprint density at radius 2 is 1.82 bits per heavy atom. The van der Waals surface area contributed by atoms with Crippen molar-refractivity contribution in [3.63, 3.8) is 0 Å². The molecule has 0 atom stereocenters. The molecule has 0 spiro atoms. The van der Waals surface area contributed by atoms with Crippen molar-refractivity contribution in [1.29, 1.82) is 0 Å². The SMILES string of the molecule is COc1cc(CNc2ccc(Cl)cc2)cc(Br)c1OCc1c(F)cccc1Cl. The van der Waals surface area contributed by atoms with E-state index in [-0.39, 0.29) is 6.61 Å². The quantitative estimate of drug-likeness (QED) is 0.388. The Morgan fingerprint density at radius 1 is 1.07 bits per heavy atom. The van der Waals surface area contributed by atoms with E-state index in [2.05, 4.69) is 21.2 Å². The zero-order valence-corrected chi connectivity index (χ0v) is 18.0. The van der Waals surface area contributed by atoms with Crippen molar-refractivity contribution in [3.05, 3.63) is 86.1 Å². The Kier molecular flexibility index (Phi) is 7.05. The summed E-state index contributed by atoms with van der Waals surface area (Å²) in [5, 5.41) is 4.32. The molecule has 0 aliphatic rings. The van der Waals surface area contributed by atoms with Crippen LogP contribution in [0.15, 0.2) is 59.1 Å². The highest BCUT2D eigenvalue weighted by Crippen LogP contribution is 2.38. The molecule has 0 unspecified atom stereocenters. The van der Waals surface area contributed by atoms with Gasteiger partial charge in [-0.05, 0) is 70.0 Å². The summed E-state index contributed by atoms with van der Waals surface area (Å²) in [6.45, 7) is 0.568. The van der Waals surface area contributed by atoms with Crippen LogP contribution in [0.1, 0.15) is 11.1 Å². The summed E-state index contributed by atoms with van der Waals surface area (Å²) < 4.78 is 25.9. The Morgan fingerprint density at radius 3 is 2.50 bits per heavy atom. The number of halogens is 4. The molecule has 1 N–H and O–H groups in total. The molecule has 0 heterocycles. The summed E-state index contributed by atoms with van der Waals surface area (Å²) in [6, 6.07) is 15.8. The van der Waals surface area contributed by atoms with E-state index in [1.54, 1.807) is 19.2 Å². The molecule has 7 heteroatoms. The van der Waals surface area contributed by atoms with Gasteiger partial charge in [0.25, 0.3) is 0 Å². The average molecular weight is 485 g/mol. The summed E-state index contributed by atoms with van der Waals surface area (Å²) in [7, 11) is 1.56. The fraction of sp³-hybridized carbons (Fsp3) is 0.143. The second-order valence-electron chi connectivity index (χ2n) is 5.96. The molecule has 3 rings (SSSR count). The topological polar surface area (TPSA) is 30.5 Å². The van der Waals surface area contributed by atoms with Gasteiger partial charge in [-0.3, -0.25) is 0 Å². The highest BCUT2D eigenvalue weighted by atomic mass is 79.9. The Hall–Kier alpha value is -1.95. The van der Waals surface area contributed by atoms with E-state index in [1.165, 1.54) is 6.07 Å². The lowest BCUT2D eigenvalue weighted by atomic mass is 10.2. The minimum atomic E-state index is -0.411. The van der Waals surface area contributed by atoms with Gasteiger partial charge in [0.15, 0.2) is 11.5 Å². The third kappa shape index (κ3) is 5.10. The molecule has 0 aliphatic carbocycles. The van der Waals surface area contributed by atoms with Gasteiger partial charge in [0.05, 0.1) is 16.6 Å². The summed E-state index contributed by atoms with van der Waals surface area (Å²) in [6.07, 6.45) is 0. The van der Waals surface area contributed by atoms with Crippen molar-refractivity contribution in [2.75, 3.05) is 12.4 Å². The van der Waals surface area contributed by atoms with E-state index in [1.807, 2.05) is 36.4 Å². The monoisotopic (exact) mass is 483 g/mol. The van der Waals surface area contributed by atoms with Crippen LogP contribution in [0.25, 0.3) is 0 Å². The molecule has 0 saturated carbocycles. The number of hydrogen-bond donors (Lipinski definition) is 1. The summed E-state index contributed by atoms with van der Waals surface area (Å²) >= 11 is 15.5. The molecule has 0 aliphatic heterocycles. The first-order valence-electron chi connectivity index (χ1n) is 8.39. The second kappa shape index (κ2) is 9.50. The van der Waals surface area contributed by atoms with Gasteiger partial charge in [-0.15, -0.1) is 0 Å². The molecule has 146 valence electrons. The number of hydrogen-bond acceptors (Lipinski definition) is 3. The Bertz CT molecular complexity index is 947. The fourth-order valence-corrected chi connectivity index (χ4v) is 3.55.